The van der Waals surface area contributed by atoms with Crippen LogP contribution in [0, 0.1) is 11.6 Å². The van der Waals surface area contributed by atoms with Gasteiger partial charge in [-0.1, -0.05) is 63.5 Å². The Labute approximate surface area is 278 Å². The molecule has 1 amide bonds. The number of aliphatic hydroxyl groups is 1. The number of carbonyl (C=O) groups is 1. The maximum absolute atomic E-state index is 14.4. The van der Waals surface area contributed by atoms with Gasteiger partial charge in [-0.2, -0.15) is 0 Å². The summed E-state index contributed by atoms with van der Waals surface area (Å²) in [6, 6.07) is 25.1. The molecule has 0 saturated heterocycles. The maximum Gasteiger partial charge on any atom is 0.266 e. The summed E-state index contributed by atoms with van der Waals surface area (Å²) in [5.41, 5.74) is 15.1. The molecular formula is C34H31BrF2N6O4. The molecule has 0 spiro atoms. The average molecular weight is 706 g/mol. The average Bonchev–Trinajstić information content (AvgIpc) is 3.46. The minimum Gasteiger partial charge on any atom is -0.494 e. The van der Waals surface area contributed by atoms with Gasteiger partial charge in [0.15, 0.2) is 11.6 Å². The lowest BCUT2D eigenvalue weighted by atomic mass is 9.81. The zero-order chi connectivity index (χ0) is 33.2. The number of amides is 1. The molecule has 1 heterocycles. The van der Waals surface area contributed by atoms with E-state index in [2.05, 4.69) is 36.8 Å². The lowest BCUT2D eigenvalue weighted by Crippen LogP contribution is -2.53. The van der Waals surface area contributed by atoms with Crippen LogP contribution in [0.3, 0.4) is 0 Å². The van der Waals surface area contributed by atoms with Crippen molar-refractivity contribution in [1.29, 1.82) is 0 Å². The van der Waals surface area contributed by atoms with E-state index < -0.39 is 29.2 Å². The molecule has 242 valence electrons. The van der Waals surface area contributed by atoms with E-state index in [9.17, 15) is 13.6 Å². The maximum atomic E-state index is 14.4. The van der Waals surface area contributed by atoms with E-state index in [0.717, 1.165) is 16.6 Å². The molecule has 1 aliphatic rings. The zero-order valence-corrected chi connectivity index (χ0v) is 26.7. The number of rotatable bonds is 14. The summed E-state index contributed by atoms with van der Waals surface area (Å²) in [6.07, 6.45) is -0.424. The smallest absolute Gasteiger partial charge is 0.266 e. The fourth-order valence-electron chi connectivity index (χ4n) is 5.22. The lowest BCUT2D eigenvalue weighted by Gasteiger charge is -2.31. The van der Waals surface area contributed by atoms with Crippen LogP contribution in [0.2, 0.25) is 0 Å². The number of benzene rings is 4. The van der Waals surface area contributed by atoms with Crippen molar-refractivity contribution in [2.75, 3.05) is 13.2 Å². The van der Waals surface area contributed by atoms with Gasteiger partial charge in [0.2, 0.25) is 5.90 Å². The summed E-state index contributed by atoms with van der Waals surface area (Å²) in [5, 5.41) is 12.8. The lowest BCUT2D eigenvalue weighted by molar-refractivity contribution is -0.130. The van der Waals surface area contributed by atoms with Crippen molar-refractivity contribution in [3.05, 3.63) is 145 Å². The largest absolute Gasteiger partial charge is 0.494 e. The second kappa shape index (κ2) is 15.7. The van der Waals surface area contributed by atoms with E-state index in [1.165, 1.54) is 6.07 Å². The Bertz CT molecular complexity index is 1760. The van der Waals surface area contributed by atoms with Crippen LogP contribution in [0.4, 0.5) is 8.78 Å². The molecular weight excluding hydrogens is 674 g/mol. The molecule has 4 aromatic carbocycles. The second-order valence-electron chi connectivity index (χ2n) is 10.7. The molecule has 13 heteroatoms. The van der Waals surface area contributed by atoms with Gasteiger partial charge in [-0.15, -0.1) is 0 Å². The third-order valence-corrected chi connectivity index (χ3v) is 8.14. The predicted octanol–water partition coefficient (Wildman–Crippen LogP) is 6.62. The quantitative estimate of drug-likeness (QED) is 0.0445. The Morgan fingerprint density at radius 1 is 1.02 bits per heavy atom. The normalized spacial score (nSPS) is 16.9. The molecule has 2 atom stereocenters. The number of ether oxygens (including phenoxy) is 2. The highest BCUT2D eigenvalue weighted by Gasteiger charge is 2.53. The van der Waals surface area contributed by atoms with Gasteiger partial charge >= 0.3 is 0 Å². The molecule has 1 aliphatic heterocycles. The number of aliphatic hydroxyl groups excluding tert-OH is 1. The molecule has 10 nitrogen and oxygen atoms in total. The van der Waals surface area contributed by atoms with Gasteiger partial charge in [-0.3, -0.25) is 10.2 Å². The zero-order valence-electron chi connectivity index (χ0n) is 25.1. The van der Waals surface area contributed by atoms with Crippen molar-refractivity contribution in [2.45, 2.75) is 37.6 Å². The van der Waals surface area contributed by atoms with Crippen molar-refractivity contribution >= 4 is 27.7 Å². The molecule has 0 aliphatic carbocycles. The predicted molar refractivity (Wildman–Crippen MR) is 175 cm³/mol. The Morgan fingerprint density at radius 2 is 1.72 bits per heavy atom. The molecule has 0 aromatic heterocycles. The van der Waals surface area contributed by atoms with E-state index in [1.807, 2.05) is 36.4 Å². The fourth-order valence-corrected chi connectivity index (χ4v) is 5.49. The number of carbonyl (C=O) groups excluding carboxylic acids is 1. The van der Waals surface area contributed by atoms with Crippen LogP contribution in [-0.2, 0) is 29.0 Å². The SMILES string of the molecule is [N-]=[N+]=NCc1ccccc1C[C@]1(C(=O)NNCc2c(F)cccc2F)N=C(c2ccc(OCCCO)cc2)O[C@H]1c1ccc(Br)cc1. The molecule has 0 unspecified atom stereocenters. The highest BCUT2D eigenvalue weighted by Crippen LogP contribution is 2.43. The Morgan fingerprint density at radius 3 is 2.40 bits per heavy atom. The molecule has 0 bridgehead atoms. The van der Waals surface area contributed by atoms with Gasteiger partial charge in [-0.25, -0.2) is 19.2 Å². The number of nitrogens with zero attached hydrogens (tertiary/aromatic N) is 4. The standard InChI is InChI=1S/C34H31BrF2N6O4/c35-26-13-9-22(10-14-26)31-34(19-24-5-1-2-6-25(24)20-40-43-38,33(45)42-39-21-28-29(36)7-3-8-30(28)37)41-32(47-31)23-11-15-27(16-12-23)46-18-4-17-44/h1-3,5-16,31,39,44H,4,17-21H2,(H,42,45)/t31-,34-/m0/s1. The summed E-state index contributed by atoms with van der Waals surface area (Å²) < 4.78 is 41.7. The minimum absolute atomic E-state index is 0.0143. The van der Waals surface area contributed by atoms with Crippen LogP contribution >= 0.6 is 15.9 Å². The molecule has 5 rings (SSSR count). The number of nitrogens with one attached hydrogen (secondary N) is 2. The number of hydrazine groups is 1. The number of azide groups is 1. The van der Waals surface area contributed by atoms with Gasteiger partial charge in [0.05, 0.1) is 13.2 Å². The second-order valence-corrected chi connectivity index (χ2v) is 11.6. The number of halogens is 3. The van der Waals surface area contributed by atoms with Crippen molar-refractivity contribution in [3.8, 4) is 5.75 Å². The van der Waals surface area contributed by atoms with Crippen molar-refractivity contribution < 1.29 is 28.2 Å². The fraction of sp³-hybridized carbons (Fsp3) is 0.235. The van der Waals surface area contributed by atoms with E-state index in [4.69, 9.17) is 25.1 Å². The van der Waals surface area contributed by atoms with Crippen molar-refractivity contribution in [2.24, 2.45) is 10.1 Å². The van der Waals surface area contributed by atoms with E-state index in [-0.39, 0.29) is 37.6 Å². The van der Waals surface area contributed by atoms with Crippen LogP contribution in [0.25, 0.3) is 10.4 Å². The van der Waals surface area contributed by atoms with Crippen LogP contribution in [-0.4, -0.2) is 35.7 Å². The third kappa shape index (κ3) is 7.95. The first-order chi connectivity index (χ1) is 22.8. The summed E-state index contributed by atoms with van der Waals surface area (Å²) >= 11 is 3.46. The monoisotopic (exact) mass is 704 g/mol. The Hall–Kier alpha value is -4.81. The van der Waals surface area contributed by atoms with E-state index in [1.54, 1.807) is 36.4 Å². The van der Waals surface area contributed by atoms with Crippen LogP contribution < -0.4 is 15.6 Å². The van der Waals surface area contributed by atoms with Crippen LogP contribution in [0.5, 0.6) is 5.75 Å². The minimum atomic E-state index is -1.63. The first-order valence-corrected chi connectivity index (χ1v) is 15.5. The first kappa shape index (κ1) is 33.6. The molecule has 0 fully saturated rings. The summed E-state index contributed by atoms with van der Waals surface area (Å²) in [5.74, 6) is -1.34. The van der Waals surface area contributed by atoms with Gasteiger partial charge in [0, 0.05) is 46.5 Å². The number of aliphatic imine (C=N–C) groups is 1. The van der Waals surface area contributed by atoms with Gasteiger partial charge in [0.1, 0.15) is 17.4 Å². The first-order valence-electron chi connectivity index (χ1n) is 14.7. The topological polar surface area (TPSA) is 141 Å². The summed E-state index contributed by atoms with van der Waals surface area (Å²) in [4.78, 5) is 22.3. The number of hydrogen-bond acceptors (Lipinski definition) is 7. The Balaban J connectivity index is 1.56. The molecule has 3 N–H and O–H groups in total. The Kier molecular flexibility index (Phi) is 11.2. The molecule has 4 aromatic rings. The van der Waals surface area contributed by atoms with E-state index >= 15 is 0 Å². The van der Waals surface area contributed by atoms with Gasteiger partial charge in [-0.05, 0) is 70.8 Å². The molecule has 47 heavy (non-hydrogen) atoms. The van der Waals surface area contributed by atoms with Gasteiger partial charge < -0.3 is 14.6 Å². The van der Waals surface area contributed by atoms with E-state index in [0.29, 0.717) is 41.0 Å². The molecule has 0 saturated carbocycles. The van der Waals surface area contributed by atoms with Crippen molar-refractivity contribution in [1.82, 2.24) is 10.9 Å². The number of hydrogen-bond donors (Lipinski definition) is 3. The molecule has 0 radical (unpaired) electrons. The van der Waals surface area contributed by atoms with Crippen LogP contribution in [0.1, 0.15) is 40.3 Å². The highest BCUT2D eigenvalue weighted by molar-refractivity contribution is 9.10. The van der Waals surface area contributed by atoms with Crippen molar-refractivity contribution in [3.63, 3.8) is 0 Å². The summed E-state index contributed by atoms with van der Waals surface area (Å²) in [7, 11) is 0. The van der Waals surface area contributed by atoms with Crippen LogP contribution in [0.15, 0.2) is 106 Å². The van der Waals surface area contributed by atoms with Gasteiger partial charge in [0.25, 0.3) is 5.91 Å². The third-order valence-electron chi connectivity index (χ3n) is 7.61. The highest BCUT2D eigenvalue weighted by atomic mass is 79.9. The summed E-state index contributed by atoms with van der Waals surface area (Å²) in [6.45, 7) is 0.0842.